The number of carbonyl (C=O) groups is 2. The predicted molar refractivity (Wildman–Crippen MR) is 144 cm³/mol. The molecule has 10 nitrogen and oxygen atoms in total. The van der Waals surface area contributed by atoms with E-state index in [2.05, 4.69) is 6.92 Å². The van der Waals surface area contributed by atoms with Crippen molar-refractivity contribution < 1.29 is 49.3 Å². The van der Waals surface area contributed by atoms with Crippen molar-refractivity contribution in [2.75, 3.05) is 13.2 Å². The van der Waals surface area contributed by atoms with Crippen molar-refractivity contribution in [3.05, 3.63) is 0 Å². The lowest BCUT2D eigenvalue weighted by Gasteiger charge is -2.13. The number of hydrogen-bond acceptors (Lipinski definition) is 10. The summed E-state index contributed by atoms with van der Waals surface area (Å²) in [5.41, 5.74) is 0. The van der Waals surface area contributed by atoms with Crippen molar-refractivity contribution in [3.8, 4) is 0 Å². The second-order valence-corrected chi connectivity index (χ2v) is 11.2. The number of carbonyl (C=O) groups excluding carboxylic acids is 2. The summed E-state index contributed by atoms with van der Waals surface area (Å²) in [7, 11) is 0. The molecule has 0 radical (unpaired) electrons. The summed E-state index contributed by atoms with van der Waals surface area (Å²) in [4.78, 5) is 22.7. The molecule has 0 aromatic rings. The maximum Gasteiger partial charge on any atom is 0.309 e. The Morgan fingerprint density at radius 2 is 1.21 bits per heavy atom. The van der Waals surface area contributed by atoms with Crippen molar-refractivity contribution in [2.45, 2.75) is 158 Å². The van der Waals surface area contributed by atoms with E-state index in [9.17, 15) is 24.9 Å². The molecule has 3 heterocycles. The molecule has 10 heteroatoms. The average molecular weight is 561 g/mol. The SMILES string of the molecule is CCCCCCCCCCCCCCCC(=O)CC1O[C@H](CO)[C@H](O)C1O.O=C1CC2O[C@H](CO)[C@H](O)C2O1. The van der Waals surface area contributed by atoms with Crippen LogP contribution in [0.2, 0.25) is 0 Å². The molecule has 3 aliphatic rings. The van der Waals surface area contributed by atoms with Crippen molar-refractivity contribution in [1.29, 1.82) is 0 Å². The second-order valence-electron chi connectivity index (χ2n) is 11.2. The van der Waals surface area contributed by atoms with Crippen molar-refractivity contribution in [1.82, 2.24) is 0 Å². The Balaban J connectivity index is 0.000000364. The van der Waals surface area contributed by atoms with Crippen molar-refractivity contribution in [2.24, 2.45) is 0 Å². The molecule has 4 unspecified atom stereocenters. The van der Waals surface area contributed by atoms with Gasteiger partial charge in [0.15, 0.2) is 6.10 Å². The number of hydrogen-bond donors (Lipinski definition) is 5. The van der Waals surface area contributed by atoms with Crippen LogP contribution < -0.4 is 0 Å². The lowest BCUT2D eigenvalue weighted by Crippen LogP contribution is -2.34. The van der Waals surface area contributed by atoms with E-state index >= 15 is 0 Å². The molecule has 228 valence electrons. The standard InChI is InChI=1S/C22H42O5.C7H10O5/c1-2-3-4-5-6-7-8-9-10-11-12-13-14-15-18(24)16-19-21(25)22(26)20(17-23)27-19;8-2-4-6(10)7-3(11-4)1-5(9)12-7/h19-23,25-26H,2-17H2,1H3;3-4,6-8,10H,1-2H2/t19?,20-,21?,22+;3?,4-,6+,7?/m11/s1. The van der Waals surface area contributed by atoms with Gasteiger partial charge in [-0.25, -0.2) is 0 Å². The van der Waals surface area contributed by atoms with Gasteiger partial charge in [0.2, 0.25) is 0 Å². The van der Waals surface area contributed by atoms with Gasteiger partial charge in [-0.1, -0.05) is 84.0 Å². The number of rotatable bonds is 18. The van der Waals surface area contributed by atoms with Crippen LogP contribution in [0, 0.1) is 0 Å². The van der Waals surface area contributed by atoms with E-state index in [1.807, 2.05) is 0 Å². The monoisotopic (exact) mass is 560 g/mol. The van der Waals surface area contributed by atoms with Crippen molar-refractivity contribution >= 4 is 11.8 Å². The third kappa shape index (κ3) is 11.7. The number of ketones is 1. The average Bonchev–Trinajstić information content (AvgIpc) is 3.53. The van der Waals surface area contributed by atoms with Gasteiger partial charge in [0.25, 0.3) is 0 Å². The summed E-state index contributed by atoms with van der Waals surface area (Å²) < 4.78 is 15.3. The van der Waals surface area contributed by atoms with Gasteiger partial charge in [0.05, 0.1) is 25.7 Å². The maximum atomic E-state index is 12.0. The normalized spacial score (nSPS) is 31.6. The first-order valence-corrected chi connectivity index (χ1v) is 15.1. The highest BCUT2D eigenvalue weighted by molar-refractivity contribution is 5.79. The second kappa shape index (κ2) is 19.1. The molecule has 8 atom stereocenters. The minimum atomic E-state index is -1.11. The lowest BCUT2D eigenvalue weighted by atomic mass is 10.0. The smallest absolute Gasteiger partial charge is 0.309 e. The van der Waals surface area contributed by atoms with Crippen molar-refractivity contribution in [3.63, 3.8) is 0 Å². The maximum absolute atomic E-state index is 12.0. The van der Waals surface area contributed by atoms with Gasteiger partial charge < -0.3 is 39.7 Å². The highest BCUT2D eigenvalue weighted by atomic mass is 16.6. The Kier molecular flexibility index (Phi) is 16.7. The molecule has 3 rings (SSSR count). The summed E-state index contributed by atoms with van der Waals surface area (Å²) in [6, 6.07) is 0. The summed E-state index contributed by atoms with van der Waals surface area (Å²) in [5, 5.41) is 46.8. The number of fused-ring (bicyclic) bond motifs is 1. The fraction of sp³-hybridized carbons (Fsp3) is 0.931. The molecular formula is C29H52O10. The number of aliphatic hydroxyl groups is 5. The minimum Gasteiger partial charge on any atom is -0.457 e. The van der Waals surface area contributed by atoms with Crippen LogP contribution in [0.25, 0.3) is 0 Å². The highest BCUT2D eigenvalue weighted by Gasteiger charge is 2.50. The Morgan fingerprint density at radius 1 is 0.718 bits per heavy atom. The molecule has 5 N–H and O–H groups in total. The van der Waals surface area contributed by atoms with Gasteiger partial charge in [-0.3, -0.25) is 9.59 Å². The van der Waals surface area contributed by atoms with Crippen LogP contribution in [0.5, 0.6) is 0 Å². The molecular weight excluding hydrogens is 508 g/mol. The summed E-state index contributed by atoms with van der Waals surface area (Å²) in [5.74, 6) is -0.284. The van der Waals surface area contributed by atoms with E-state index in [0.717, 1.165) is 12.8 Å². The number of ether oxygens (including phenoxy) is 3. The molecule has 39 heavy (non-hydrogen) atoms. The Morgan fingerprint density at radius 3 is 1.69 bits per heavy atom. The summed E-state index contributed by atoms with van der Waals surface area (Å²) >= 11 is 0. The van der Waals surface area contributed by atoms with E-state index in [0.29, 0.717) is 6.42 Å². The van der Waals surface area contributed by atoms with Gasteiger partial charge in [-0.05, 0) is 6.42 Å². The first kappa shape index (κ1) is 34.1. The first-order chi connectivity index (χ1) is 18.8. The fourth-order valence-corrected chi connectivity index (χ4v) is 5.45. The van der Waals surface area contributed by atoms with Crippen LogP contribution >= 0.6 is 0 Å². The molecule has 0 aromatic heterocycles. The zero-order valence-electron chi connectivity index (χ0n) is 23.6. The van der Waals surface area contributed by atoms with Gasteiger partial charge in [-0.15, -0.1) is 0 Å². The zero-order valence-corrected chi connectivity index (χ0v) is 23.6. The molecule has 0 amide bonds. The van der Waals surface area contributed by atoms with Crippen LogP contribution in [-0.2, 0) is 23.8 Å². The van der Waals surface area contributed by atoms with Crippen LogP contribution in [-0.4, -0.2) is 99.3 Å². The number of aliphatic hydroxyl groups excluding tert-OH is 5. The molecule has 3 saturated heterocycles. The van der Waals surface area contributed by atoms with Crippen LogP contribution in [0.4, 0.5) is 0 Å². The van der Waals surface area contributed by atoms with Crippen LogP contribution in [0.15, 0.2) is 0 Å². The quantitative estimate of drug-likeness (QED) is 0.124. The van der Waals surface area contributed by atoms with E-state index < -0.39 is 42.7 Å². The van der Waals surface area contributed by atoms with Crippen LogP contribution in [0.1, 0.15) is 110 Å². The topological polar surface area (TPSA) is 163 Å². The van der Waals surface area contributed by atoms with Gasteiger partial charge in [0.1, 0.15) is 42.4 Å². The van der Waals surface area contributed by atoms with Gasteiger partial charge in [-0.2, -0.15) is 0 Å². The predicted octanol–water partition coefficient (Wildman–Crippen LogP) is 2.33. The Hall–Kier alpha value is -1.14. The fourth-order valence-electron chi connectivity index (χ4n) is 5.45. The number of Topliss-reactive ketones (excluding diaryl/α,β-unsaturated/α-hetero) is 1. The van der Waals surface area contributed by atoms with E-state index in [1.54, 1.807) is 0 Å². The number of unbranched alkanes of at least 4 members (excludes halogenated alkanes) is 12. The first-order valence-electron chi connectivity index (χ1n) is 15.1. The highest BCUT2D eigenvalue weighted by Crippen LogP contribution is 2.31. The Labute approximate surface area is 233 Å². The van der Waals surface area contributed by atoms with Gasteiger partial charge in [0, 0.05) is 12.8 Å². The van der Waals surface area contributed by atoms with E-state index in [1.165, 1.54) is 70.6 Å². The molecule has 0 aromatic carbocycles. The van der Waals surface area contributed by atoms with E-state index in [-0.39, 0.29) is 43.9 Å². The third-order valence-corrected chi connectivity index (χ3v) is 7.88. The molecule has 3 fully saturated rings. The molecule has 0 aliphatic carbocycles. The Bertz CT molecular complexity index is 689. The number of esters is 1. The lowest BCUT2D eigenvalue weighted by molar-refractivity contribution is -0.146. The molecule has 0 spiro atoms. The summed E-state index contributed by atoms with van der Waals surface area (Å²) in [6.07, 6.45) is 11.3. The van der Waals surface area contributed by atoms with Gasteiger partial charge >= 0.3 is 5.97 Å². The van der Waals surface area contributed by atoms with E-state index in [4.69, 9.17) is 24.4 Å². The zero-order chi connectivity index (χ0) is 28.6. The molecule has 0 saturated carbocycles. The largest absolute Gasteiger partial charge is 0.457 e. The van der Waals surface area contributed by atoms with Crippen LogP contribution in [0.3, 0.4) is 0 Å². The third-order valence-electron chi connectivity index (χ3n) is 7.88. The summed E-state index contributed by atoms with van der Waals surface area (Å²) in [6.45, 7) is 1.66. The molecule has 3 aliphatic heterocycles. The molecule has 0 bridgehead atoms. The minimum absolute atomic E-state index is 0.0629.